The Morgan fingerprint density at radius 1 is 1.11 bits per heavy atom. The van der Waals surface area contributed by atoms with E-state index in [9.17, 15) is 9.59 Å². The summed E-state index contributed by atoms with van der Waals surface area (Å²) in [5, 5.41) is 0. The van der Waals surface area contributed by atoms with Gasteiger partial charge in [-0.15, -0.1) is 0 Å². The lowest BCUT2D eigenvalue weighted by Gasteiger charge is -2.30. The number of nitrogens with two attached hydrogens (primary N) is 1. The highest BCUT2D eigenvalue weighted by Gasteiger charge is 2.26. The van der Waals surface area contributed by atoms with Crippen LogP contribution in [0.25, 0.3) is 0 Å². The Kier molecular flexibility index (Phi) is 11.1. The van der Waals surface area contributed by atoms with Gasteiger partial charge in [0.1, 0.15) is 24.9 Å². The Labute approximate surface area is 165 Å². The average molecular weight is 390 g/mol. The van der Waals surface area contributed by atoms with Crippen LogP contribution in [0.5, 0.6) is 0 Å². The standard InChI is InChI=1S/C20H41N2O5/c1-15(11-16(2)19(24)25-10-9-21)14-26-17(13-22(6,7)8)12-18(23)27-20(3,4)5/h15-17H,9-14,21H2,1-8H3/q+1. The molecular weight excluding hydrogens is 348 g/mol. The number of hydrogen-bond acceptors (Lipinski definition) is 6. The van der Waals surface area contributed by atoms with Gasteiger partial charge in [0, 0.05) is 13.2 Å². The molecule has 0 amide bonds. The van der Waals surface area contributed by atoms with Crippen molar-refractivity contribution in [3.8, 4) is 0 Å². The number of carbonyl (C=O) groups excluding carboxylic acids is 2. The second-order valence-electron chi connectivity index (χ2n) is 9.42. The van der Waals surface area contributed by atoms with Crippen molar-refractivity contribution in [2.45, 2.75) is 59.2 Å². The van der Waals surface area contributed by atoms with Gasteiger partial charge in [-0.1, -0.05) is 13.8 Å². The van der Waals surface area contributed by atoms with Gasteiger partial charge in [-0.05, 0) is 33.1 Å². The van der Waals surface area contributed by atoms with Gasteiger partial charge in [0.25, 0.3) is 0 Å². The molecule has 0 spiro atoms. The largest absolute Gasteiger partial charge is 0.464 e. The van der Waals surface area contributed by atoms with E-state index in [1.54, 1.807) is 0 Å². The predicted molar refractivity (Wildman–Crippen MR) is 106 cm³/mol. The molecule has 0 aliphatic heterocycles. The van der Waals surface area contributed by atoms with Crippen LogP contribution in [0.3, 0.4) is 0 Å². The van der Waals surface area contributed by atoms with Crippen molar-refractivity contribution in [2.75, 3.05) is 47.4 Å². The number of carbonyl (C=O) groups is 2. The van der Waals surface area contributed by atoms with Crippen molar-refractivity contribution in [3.05, 3.63) is 0 Å². The zero-order valence-corrected chi connectivity index (χ0v) is 18.5. The Morgan fingerprint density at radius 2 is 1.70 bits per heavy atom. The molecule has 0 rings (SSSR count). The maximum atomic E-state index is 12.2. The molecule has 0 aromatic carbocycles. The molecule has 7 heteroatoms. The van der Waals surface area contributed by atoms with Crippen LogP contribution in [0.1, 0.15) is 47.5 Å². The van der Waals surface area contributed by atoms with E-state index in [2.05, 4.69) is 21.1 Å². The molecule has 27 heavy (non-hydrogen) atoms. The van der Waals surface area contributed by atoms with Crippen LogP contribution < -0.4 is 5.73 Å². The molecule has 0 radical (unpaired) electrons. The van der Waals surface area contributed by atoms with Crippen molar-refractivity contribution >= 4 is 11.9 Å². The molecule has 0 aliphatic rings. The zero-order chi connectivity index (χ0) is 21.3. The second kappa shape index (κ2) is 11.6. The fourth-order valence-electron chi connectivity index (χ4n) is 2.73. The Morgan fingerprint density at radius 3 is 2.19 bits per heavy atom. The molecular formula is C20H41N2O5+. The molecule has 0 aliphatic carbocycles. The number of hydrogen-bond donors (Lipinski definition) is 1. The lowest BCUT2D eigenvalue weighted by molar-refractivity contribution is -0.873. The molecule has 160 valence electrons. The highest BCUT2D eigenvalue weighted by atomic mass is 16.6. The number of nitrogens with zero attached hydrogens (tertiary/aromatic N) is 1. The van der Waals surface area contributed by atoms with Crippen molar-refractivity contribution in [3.63, 3.8) is 0 Å². The smallest absolute Gasteiger partial charge is 0.309 e. The molecule has 3 atom stereocenters. The summed E-state index contributed by atoms with van der Waals surface area (Å²) in [6.07, 6.45) is 0.641. The third kappa shape index (κ3) is 14.5. The summed E-state index contributed by atoms with van der Waals surface area (Å²) in [7, 11) is 6.18. The minimum atomic E-state index is -0.509. The summed E-state index contributed by atoms with van der Waals surface area (Å²) in [5.41, 5.74) is 4.84. The van der Waals surface area contributed by atoms with E-state index in [4.69, 9.17) is 19.9 Å². The molecule has 0 aromatic rings. The predicted octanol–water partition coefficient (Wildman–Crippen LogP) is 1.97. The van der Waals surface area contributed by atoms with Gasteiger partial charge >= 0.3 is 11.9 Å². The quantitative estimate of drug-likeness (QED) is 0.406. The maximum absolute atomic E-state index is 12.2. The molecule has 0 aromatic heterocycles. The third-order valence-corrected chi connectivity index (χ3v) is 3.70. The first kappa shape index (κ1) is 25.8. The Balaban J connectivity index is 4.61. The van der Waals surface area contributed by atoms with Crippen LogP contribution in [0.4, 0.5) is 0 Å². The molecule has 3 unspecified atom stereocenters. The Bertz CT molecular complexity index is 454. The fraction of sp³-hybridized carbons (Fsp3) is 0.900. The molecule has 0 saturated carbocycles. The van der Waals surface area contributed by atoms with Crippen molar-refractivity contribution in [1.29, 1.82) is 0 Å². The van der Waals surface area contributed by atoms with Gasteiger partial charge in [-0.2, -0.15) is 0 Å². The highest BCUT2D eigenvalue weighted by molar-refractivity contribution is 5.72. The van der Waals surface area contributed by atoms with E-state index in [1.807, 2.05) is 34.6 Å². The van der Waals surface area contributed by atoms with E-state index in [1.165, 1.54) is 0 Å². The number of ether oxygens (including phenoxy) is 3. The summed E-state index contributed by atoms with van der Waals surface area (Å²) in [5.74, 6) is -0.534. The van der Waals surface area contributed by atoms with Gasteiger partial charge in [0.05, 0.1) is 33.5 Å². The first-order valence-electron chi connectivity index (χ1n) is 9.74. The minimum Gasteiger partial charge on any atom is -0.464 e. The Hall–Kier alpha value is -1.18. The first-order chi connectivity index (χ1) is 12.2. The van der Waals surface area contributed by atoms with Crippen molar-refractivity contribution in [2.24, 2.45) is 17.6 Å². The molecule has 0 heterocycles. The maximum Gasteiger partial charge on any atom is 0.309 e. The van der Waals surface area contributed by atoms with Gasteiger partial charge in [-0.3, -0.25) is 9.59 Å². The lowest BCUT2D eigenvalue weighted by Crippen LogP contribution is -2.44. The molecule has 0 saturated heterocycles. The van der Waals surface area contributed by atoms with E-state index >= 15 is 0 Å². The second-order valence-corrected chi connectivity index (χ2v) is 9.42. The van der Waals surface area contributed by atoms with Crippen LogP contribution in [0.15, 0.2) is 0 Å². The van der Waals surface area contributed by atoms with E-state index < -0.39 is 5.60 Å². The first-order valence-corrected chi connectivity index (χ1v) is 9.74. The van der Waals surface area contributed by atoms with Crippen molar-refractivity contribution in [1.82, 2.24) is 0 Å². The number of esters is 2. The van der Waals surface area contributed by atoms with Crippen LogP contribution in [-0.4, -0.2) is 75.6 Å². The van der Waals surface area contributed by atoms with E-state index in [-0.39, 0.29) is 42.9 Å². The van der Waals surface area contributed by atoms with Crippen molar-refractivity contribution < 1.29 is 28.3 Å². The fourth-order valence-corrected chi connectivity index (χ4v) is 2.73. The third-order valence-electron chi connectivity index (χ3n) is 3.70. The molecule has 7 nitrogen and oxygen atoms in total. The van der Waals surface area contributed by atoms with Crippen LogP contribution in [0, 0.1) is 11.8 Å². The van der Waals surface area contributed by atoms with Crippen LogP contribution >= 0.6 is 0 Å². The SMILES string of the molecule is CC(COC(CC(=O)OC(C)(C)C)C[N+](C)(C)C)CC(C)C(=O)OCCN. The van der Waals surface area contributed by atoms with Gasteiger partial charge in [0.15, 0.2) is 0 Å². The van der Waals surface area contributed by atoms with E-state index in [0.717, 1.165) is 0 Å². The molecule has 2 N–H and O–H groups in total. The van der Waals surface area contributed by atoms with Gasteiger partial charge < -0.3 is 24.4 Å². The van der Waals surface area contributed by atoms with Gasteiger partial charge in [-0.25, -0.2) is 0 Å². The van der Waals surface area contributed by atoms with Crippen LogP contribution in [-0.2, 0) is 23.8 Å². The normalized spacial score (nSPS) is 15.7. The van der Waals surface area contributed by atoms with Crippen LogP contribution in [0.2, 0.25) is 0 Å². The topological polar surface area (TPSA) is 87.8 Å². The summed E-state index contributed by atoms with van der Waals surface area (Å²) < 4.78 is 17.2. The number of rotatable bonds is 12. The summed E-state index contributed by atoms with van der Waals surface area (Å²) in [6.45, 7) is 11.2. The van der Waals surface area contributed by atoms with Gasteiger partial charge in [0.2, 0.25) is 0 Å². The monoisotopic (exact) mass is 389 g/mol. The molecule has 0 fully saturated rings. The van der Waals surface area contributed by atoms with E-state index in [0.29, 0.717) is 30.6 Å². The number of likely N-dealkylation sites (N-methyl/N-ethyl adjacent to an activating group) is 1. The lowest BCUT2D eigenvalue weighted by atomic mass is 9.98. The average Bonchev–Trinajstić information content (AvgIpc) is 2.46. The summed E-state index contributed by atoms with van der Waals surface area (Å²) in [6, 6.07) is 0. The minimum absolute atomic E-state index is 0.166. The highest BCUT2D eigenvalue weighted by Crippen LogP contribution is 2.17. The number of quaternary nitrogens is 1. The summed E-state index contributed by atoms with van der Waals surface area (Å²) >= 11 is 0. The summed E-state index contributed by atoms with van der Waals surface area (Å²) in [4.78, 5) is 24.0. The molecule has 0 bridgehead atoms. The zero-order valence-electron chi connectivity index (χ0n) is 18.5.